The van der Waals surface area contributed by atoms with Crippen LogP contribution in [0.1, 0.15) is 63.8 Å². The van der Waals surface area contributed by atoms with Crippen LogP contribution in [0.5, 0.6) is 11.5 Å². The van der Waals surface area contributed by atoms with Gasteiger partial charge in [0.2, 0.25) is 0 Å². The molecule has 0 bridgehead atoms. The second-order valence-electron chi connectivity index (χ2n) is 19.5. The zero-order valence-corrected chi connectivity index (χ0v) is 37.9. The van der Waals surface area contributed by atoms with E-state index in [1.807, 2.05) is 6.20 Å². The van der Waals surface area contributed by atoms with Crippen LogP contribution in [0, 0.1) is 13.8 Å². The molecule has 0 spiro atoms. The van der Waals surface area contributed by atoms with Crippen molar-refractivity contribution < 1.29 is 4.74 Å². The van der Waals surface area contributed by atoms with E-state index in [2.05, 4.69) is 232 Å². The number of anilines is 4. The summed E-state index contributed by atoms with van der Waals surface area (Å²) in [7, 11) is 0. The summed E-state index contributed by atoms with van der Waals surface area (Å²) in [6, 6.07) is 56.8. The van der Waals surface area contributed by atoms with Crippen molar-refractivity contribution >= 4 is 66.4 Å². The molecule has 1 aliphatic heterocycles. The van der Waals surface area contributed by atoms with Gasteiger partial charge in [-0.2, -0.15) is 0 Å². The van der Waals surface area contributed by atoms with Crippen LogP contribution < -0.4 is 14.5 Å². The first kappa shape index (κ1) is 39.5. The van der Waals surface area contributed by atoms with Crippen LogP contribution in [0.15, 0.2) is 164 Å². The molecule has 4 heterocycles. The summed E-state index contributed by atoms with van der Waals surface area (Å²) in [5.41, 5.74) is 15.3. The Kier molecular flexibility index (Phi) is 9.04. The van der Waals surface area contributed by atoms with E-state index < -0.39 is 0 Å². The molecule has 0 saturated heterocycles. The van der Waals surface area contributed by atoms with E-state index in [0.717, 1.165) is 72.3 Å². The van der Waals surface area contributed by atoms with E-state index in [1.165, 1.54) is 39.3 Å². The normalized spacial score (nSPS) is 13.2. The van der Waals surface area contributed by atoms with Crippen molar-refractivity contribution in [2.24, 2.45) is 0 Å². The van der Waals surface area contributed by atoms with E-state index in [0.29, 0.717) is 6.67 Å². The van der Waals surface area contributed by atoms with Crippen molar-refractivity contribution in [2.75, 3.05) is 16.5 Å². The largest absolute Gasteiger partial charge is 0.456 e. The van der Waals surface area contributed by atoms with Gasteiger partial charge >= 0.3 is 0 Å². The van der Waals surface area contributed by atoms with Crippen LogP contribution in [-0.2, 0) is 10.8 Å². The first-order valence-corrected chi connectivity index (χ1v) is 22.4. The second kappa shape index (κ2) is 14.6. The topological polar surface area (TPSA) is 38.5 Å². The van der Waals surface area contributed by atoms with E-state index in [4.69, 9.17) is 9.72 Å². The number of fused-ring (bicyclic) bond motifs is 8. The van der Waals surface area contributed by atoms with Gasteiger partial charge in [-0.15, -0.1) is 0 Å². The molecule has 6 heteroatoms. The Morgan fingerprint density at radius 2 is 1.09 bits per heavy atom. The van der Waals surface area contributed by atoms with E-state index in [1.54, 1.807) is 0 Å². The predicted molar refractivity (Wildman–Crippen MR) is 268 cm³/mol. The van der Waals surface area contributed by atoms with Crippen LogP contribution in [0.2, 0.25) is 0 Å². The molecular formula is C58H53N5O. The molecule has 0 unspecified atom stereocenters. The van der Waals surface area contributed by atoms with Gasteiger partial charge < -0.3 is 19.1 Å². The fourth-order valence-electron chi connectivity index (χ4n) is 10.0. The van der Waals surface area contributed by atoms with E-state index >= 15 is 0 Å². The van der Waals surface area contributed by atoms with Gasteiger partial charge in [-0.25, -0.2) is 4.98 Å². The van der Waals surface area contributed by atoms with Gasteiger partial charge in [0.1, 0.15) is 24.0 Å². The van der Waals surface area contributed by atoms with Crippen molar-refractivity contribution in [1.82, 2.24) is 14.1 Å². The highest BCUT2D eigenvalue weighted by atomic mass is 16.5. The number of nitrogens with zero attached hydrogens (tertiary/aromatic N) is 5. The van der Waals surface area contributed by atoms with Crippen LogP contribution in [0.25, 0.3) is 55.1 Å². The summed E-state index contributed by atoms with van der Waals surface area (Å²) in [4.78, 5) is 9.92. The molecule has 316 valence electrons. The van der Waals surface area contributed by atoms with E-state index in [9.17, 15) is 0 Å². The Bertz CT molecular complexity index is 3430. The smallest absolute Gasteiger partial charge is 0.139 e. The Morgan fingerprint density at radius 3 is 1.78 bits per heavy atom. The van der Waals surface area contributed by atoms with Gasteiger partial charge in [0, 0.05) is 51.6 Å². The molecule has 10 aromatic rings. The number of para-hydroxylation sites is 5. The van der Waals surface area contributed by atoms with Crippen LogP contribution in [0.3, 0.4) is 0 Å². The number of aryl methyl sites for hydroxylation is 2. The summed E-state index contributed by atoms with van der Waals surface area (Å²) in [6.07, 6.45) is 1.94. The van der Waals surface area contributed by atoms with Crippen molar-refractivity contribution in [1.29, 1.82) is 0 Å². The third kappa shape index (κ3) is 6.34. The van der Waals surface area contributed by atoms with Gasteiger partial charge in [-0.1, -0.05) is 126 Å². The van der Waals surface area contributed by atoms with Crippen LogP contribution >= 0.6 is 0 Å². The molecule has 7 aromatic carbocycles. The number of benzene rings is 7. The highest BCUT2D eigenvalue weighted by Gasteiger charge is 2.31. The lowest BCUT2D eigenvalue weighted by molar-refractivity contribution is 0.489. The average Bonchev–Trinajstić information content (AvgIpc) is 3.94. The Morgan fingerprint density at radius 1 is 0.500 bits per heavy atom. The second-order valence-corrected chi connectivity index (χ2v) is 19.5. The molecule has 1 aliphatic rings. The lowest BCUT2D eigenvalue weighted by Gasteiger charge is -2.28. The third-order valence-electron chi connectivity index (χ3n) is 13.1. The van der Waals surface area contributed by atoms with Crippen molar-refractivity contribution in [3.63, 3.8) is 0 Å². The first-order chi connectivity index (χ1) is 30.8. The third-order valence-corrected chi connectivity index (χ3v) is 13.1. The van der Waals surface area contributed by atoms with Gasteiger partial charge in [-0.3, -0.25) is 4.57 Å². The molecular weight excluding hydrogens is 783 g/mol. The highest BCUT2D eigenvalue weighted by molar-refractivity contribution is 6.28. The summed E-state index contributed by atoms with van der Waals surface area (Å²) in [6.45, 7) is 18.8. The fourth-order valence-corrected chi connectivity index (χ4v) is 10.0. The van der Waals surface area contributed by atoms with Crippen molar-refractivity contribution in [2.45, 2.75) is 66.2 Å². The number of hydrogen-bond donors (Lipinski definition) is 0. The molecule has 0 aliphatic carbocycles. The molecule has 0 amide bonds. The molecule has 0 N–H and O–H groups in total. The van der Waals surface area contributed by atoms with Gasteiger partial charge in [0.05, 0.1) is 38.8 Å². The number of pyridine rings is 1. The molecule has 0 radical (unpaired) electrons. The highest BCUT2D eigenvalue weighted by Crippen LogP contribution is 2.50. The van der Waals surface area contributed by atoms with Crippen molar-refractivity contribution in [3.05, 3.63) is 186 Å². The zero-order chi connectivity index (χ0) is 44.1. The van der Waals surface area contributed by atoms with Crippen molar-refractivity contribution in [3.8, 4) is 23.0 Å². The number of hydrogen-bond acceptors (Lipinski definition) is 4. The predicted octanol–water partition coefficient (Wildman–Crippen LogP) is 15.5. The van der Waals surface area contributed by atoms with Crippen LogP contribution in [0.4, 0.5) is 22.7 Å². The summed E-state index contributed by atoms with van der Waals surface area (Å²) >= 11 is 0. The summed E-state index contributed by atoms with van der Waals surface area (Å²) in [5.74, 6) is 2.43. The molecule has 0 atom stereocenters. The maximum Gasteiger partial charge on any atom is 0.139 e. The van der Waals surface area contributed by atoms with Gasteiger partial charge in [-0.05, 0) is 108 Å². The maximum atomic E-state index is 7.32. The zero-order valence-electron chi connectivity index (χ0n) is 37.9. The van der Waals surface area contributed by atoms with Crippen LogP contribution in [-0.4, -0.2) is 20.8 Å². The quantitative estimate of drug-likeness (QED) is 0.167. The molecule has 0 saturated carbocycles. The lowest BCUT2D eigenvalue weighted by atomic mass is 9.84. The molecule has 0 fully saturated rings. The Balaban J connectivity index is 1.11. The molecule has 6 nitrogen and oxygen atoms in total. The number of aromatic nitrogens is 3. The maximum absolute atomic E-state index is 7.32. The van der Waals surface area contributed by atoms with E-state index in [-0.39, 0.29) is 10.8 Å². The lowest BCUT2D eigenvalue weighted by Crippen LogP contribution is -2.25. The SMILES string of the molecule is Cc1cc(C(C)(C)C)cc(C)c1N1CN(c2cccc(Oc3cc4c(c5ccccc5n4-c4cc(C(C)(C)C)ccn4)c4c3c3ccccc3n4-c3ccccc3)c2)c2ccccc21. The minimum Gasteiger partial charge on any atom is -0.456 e. The minimum atomic E-state index is -0.0514. The molecule has 11 rings (SSSR count). The average molecular weight is 836 g/mol. The first-order valence-electron chi connectivity index (χ1n) is 22.4. The monoisotopic (exact) mass is 835 g/mol. The standard InChI is InChI=1S/C58H53N5O/c1-37-31-40(58(6,7)8)32-38(2)55(37)61-36-60(48-27-16-17-28-49(48)61)42-21-18-22-43(34-42)64-51-35-50-53(56-54(51)45-24-13-14-25-46(45)62(56)41-19-10-9-11-20-41)44-23-12-15-26-47(44)63(50)52-33-39(29-30-59-52)57(3,4)5/h9-35H,36H2,1-8H3. The number of ether oxygens (including phenoxy) is 1. The summed E-state index contributed by atoms with van der Waals surface area (Å²) < 4.78 is 12.1. The summed E-state index contributed by atoms with van der Waals surface area (Å²) in [5, 5.41) is 4.52. The van der Waals surface area contributed by atoms with Gasteiger partial charge in [0.25, 0.3) is 0 Å². The molecule has 3 aromatic heterocycles. The van der Waals surface area contributed by atoms with Gasteiger partial charge in [0.15, 0.2) is 0 Å². The number of rotatable bonds is 6. The molecule has 64 heavy (non-hydrogen) atoms. The Hall–Kier alpha value is -7.31. The minimum absolute atomic E-state index is 0.0514. The fraction of sp³-hybridized carbons (Fsp3) is 0.190. The Labute approximate surface area is 375 Å².